The van der Waals surface area contributed by atoms with Crippen LogP contribution in [0.2, 0.25) is 0 Å². The lowest BCUT2D eigenvalue weighted by Crippen LogP contribution is -2.37. The van der Waals surface area contributed by atoms with Crippen LogP contribution < -0.4 is 10.1 Å². The molecule has 0 aliphatic heterocycles. The molecule has 0 amide bonds. The Bertz CT molecular complexity index is 373. The van der Waals surface area contributed by atoms with Crippen molar-refractivity contribution < 1.29 is 13.5 Å². The van der Waals surface area contributed by atoms with Gasteiger partial charge in [0, 0.05) is 6.04 Å². The first-order valence-corrected chi connectivity index (χ1v) is 6.52. The summed E-state index contributed by atoms with van der Waals surface area (Å²) in [6, 6.07) is 3.96. The Labute approximate surface area is 106 Å². The number of ether oxygens (including phenoxy) is 1. The van der Waals surface area contributed by atoms with Gasteiger partial charge < -0.3 is 10.1 Å². The number of para-hydroxylation sites is 1. The lowest BCUT2D eigenvalue weighted by molar-refractivity contribution is 0.230. The summed E-state index contributed by atoms with van der Waals surface area (Å²) in [4.78, 5) is 0. The molecule has 18 heavy (non-hydrogen) atoms. The van der Waals surface area contributed by atoms with E-state index in [1.807, 2.05) is 0 Å². The maximum Gasteiger partial charge on any atom is 0.190 e. The van der Waals surface area contributed by atoms with Crippen molar-refractivity contribution in [1.82, 2.24) is 5.32 Å². The Morgan fingerprint density at radius 2 is 2.00 bits per heavy atom. The number of hydrogen-bond donors (Lipinski definition) is 1. The van der Waals surface area contributed by atoms with Gasteiger partial charge in [-0.05, 0) is 43.9 Å². The van der Waals surface area contributed by atoms with Crippen LogP contribution in [0.15, 0.2) is 18.2 Å². The van der Waals surface area contributed by atoms with Crippen LogP contribution in [0.3, 0.4) is 0 Å². The van der Waals surface area contributed by atoms with Crippen LogP contribution in [0, 0.1) is 17.6 Å². The highest BCUT2D eigenvalue weighted by Gasteiger charge is 2.31. The van der Waals surface area contributed by atoms with Crippen LogP contribution in [0.25, 0.3) is 0 Å². The Kier molecular flexibility index (Phi) is 4.53. The summed E-state index contributed by atoms with van der Waals surface area (Å²) < 4.78 is 32.1. The summed E-state index contributed by atoms with van der Waals surface area (Å²) in [6.45, 7) is 3.32. The molecule has 1 unspecified atom stereocenters. The monoisotopic (exact) mass is 255 g/mol. The number of benzene rings is 1. The van der Waals surface area contributed by atoms with Crippen molar-refractivity contribution in [3.05, 3.63) is 29.8 Å². The van der Waals surface area contributed by atoms with Crippen LogP contribution in [0.4, 0.5) is 8.78 Å². The van der Waals surface area contributed by atoms with Gasteiger partial charge in [-0.1, -0.05) is 13.0 Å². The largest absolute Gasteiger partial charge is 0.486 e. The molecule has 1 aromatic carbocycles. The minimum Gasteiger partial charge on any atom is -0.486 e. The topological polar surface area (TPSA) is 21.3 Å². The van der Waals surface area contributed by atoms with E-state index in [0.717, 1.165) is 13.0 Å². The van der Waals surface area contributed by atoms with Crippen LogP contribution >= 0.6 is 0 Å². The van der Waals surface area contributed by atoms with E-state index in [1.165, 1.54) is 31.0 Å². The standard InChI is InChI=1S/C14H19F2NO/c1-2-8-17-13(10-6-7-10)9-18-14-11(15)4-3-5-12(14)16/h3-5,10,13,17H,2,6-9H2,1H3. The third kappa shape index (κ3) is 3.42. The Morgan fingerprint density at radius 1 is 1.33 bits per heavy atom. The lowest BCUT2D eigenvalue weighted by atomic mass is 10.2. The maximum absolute atomic E-state index is 13.4. The van der Waals surface area contributed by atoms with Gasteiger partial charge in [-0.15, -0.1) is 0 Å². The summed E-state index contributed by atoms with van der Waals surface area (Å²) in [7, 11) is 0. The second-order valence-corrected chi connectivity index (χ2v) is 4.76. The van der Waals surface area contributed by atoms with Gasteiger partial charge >= 0.3 is 0 Å². The number of halogens is 2. The number of rotatable bonds is 7. The molecular formula is C14H19F2NO. The van der Waals surface area contributed by atoms with Gasteiger partial charge in [0.05, 0.1) is 0 Å². The third-order valence-corrected chi connectivity index (χ3v) is 3.17. The van der Waals surface area contributed by atoms with Gasteiger partial charge in [0.25, 0.3) is 0 Å². The van der Waals surface area contributed by atoms with Crippen molar-refractivity contribution in [3.8, 4) is 5.75 Å². The highest BCUT2D eigenvalue weighted by Crippen LogP contribution is 2.33. The molecule has 1 aromatic rings. The molecule has 1 atom stereocenters. The molecule has 0 bridgehead atoms. The summed E-state index contributed by atoms with van der Waals surface area (Å²) in [5.74, 6) is -0.951. The highest BCUT2D eigenvalue weighted by atomic mass is 19.1. The van der Waals surface area contributed by atoms with Crippen LogP contribution in [0.1, 0.15) is 26.2 Å². The zero-order chi connectivity index (χ0) is 13.0. The second-order valence-electron chi connectivity index (χ2n) is 4.76. The average molecular weight is 255 g/mol. The van der Waals surface area contributed by atoms with E-state index in [1.54, 1.807) is 0 Å². The van der Waals surface area contributed by atoms with Gasteiger partial charge in [0.2, 0.25) is 0 Å². The minimum atomic E-state index is -0.639. The van der Waals surface area contributed by atoms with Crippen LogP contribution in [-0.4, -0.2) is 19.2 Å². The predicted octanol–water partition coefficient (Wildman–Crippen LogP) is 3.12. The van der Waals surface area contributed by atoms with E-state index in [2.05, 4.69) is 12.2 Å². The maximum atomic E-state index is 13.4. The van der Waals surface area contributed by atoms with Crippen LogP contribution in [0.5, 0.6) is 5.75 Å². The fraction of sp³-hybridized carbons (Fsp3) is 0.571. The van der Waals surface area contributed by atoms with Crippen molar-refractivity contribution >= 4 is 0 Å². The smallest absolute Gasteiger partial charge is 0.190 e. The molecule has 0 aromatic heterocycles. The predicted molar refractivity (Wildman–Crippen MR) is 66.7 cm³/mol. The molecule has 0 radical (unpaired) electrons. The molecule has 1 N–H and O–H groups in total. The molecular weight excluding hydrogens is 236 g/mol. The molecule has 1 fully saturated rings. The summed E-state index contributed by atoms with van der Waals surface area (Å²) in [6.07, 6.45) is 3.38. The molecule has 1 saturated carbocycles. The second kappa shape index (κ2) is 6.14. The number of nitrogens with one attached hydrogen (secondary N) is 1. The van der Waals surface area contributed by atoms with Crippen molar-refractivity contribution in [2.45, 2.75) is 32.2 Å². The Morgan fingerprint density at radius 3 is 2.56 bits per heavy atom. The van der Waals surface area contributed by atoms with Gasteiger partial charge in [0.1, 0.15) is 6.61 Å². The van der Waals surface area contributed by atoms with E-state index in [9.17, 15) is 8.78 Å². The molecule has 0 spiro atoms. The number of hydrogen-bond acceptors (Lipinski definition) is 2. The quantitative estimate of drug-likeness (QED) is 0.808. The molecule has 100 valence electrons. The SMILES string of the molecule is CCCNC(COc1c(F)cccc1F)C1CC1. The molecule has 2 rings (SSSR count). The summed E-state index contributed by atoms with van der Waals surface area (Å²) >= 11 is 0. The Balaban J connectivity index is 1.92. The lowest BCUT2D eigenvalue weighted by Gasteiger charge is -2.19. The molecule has 1 aliphatic carbocycles. The van der Waals surface area contributed by atoms with Gasteiger partial charge in [-0.25, -0.2) is 8.78 Å². The van der Waals surface area contributed by atoms with Gasteiger partial charge in [-0.3, -0.25) is 0 Å². The zero-order valence-electron chi connectivity index (χ0n) is 10.6. The van der Waals surface area contributed by atoms with Crippen molar-refractivity contribution in [3.63, 3.8) is 0 Å². The van der Waals surface area contributed by atoms with E-state index in [4.69, 9.17) is 4.74 Å². The van der Waals surface area contributed by atoms with Gasteiger partial charge in [-0.2, -0.15) is 0 Å². The highest BCUT2D eigenvalue weighted by molar-refractivity contribution is 5.26. The van der Waals surface area contributed by atoms with Crippen molar-refractivity contribution in [2.75, 3.05) is 13.2 Å². The fourth-order valence-corrected chi connectivity index (χ4v) is 1.98. The first kappa shape index (κ1) is 13.3. The first-order valence-electron chi connectivity index (χ1n) is 6.52. The zero-order valence-corrected chi connectivity index (χ0v) is 10.6. The molecule has 4 heteroatoms. The minimum absolute atomic E-state index is 0.198. The molecule has 2 nitrogen and oxygen atoms in total. The average Bonchev–Trinajstić information content (AvgIpc) is 3.16. The van der Waals surface area contributed by atoms with E-state index < -0.39 is 11.6 Å². The van der Waals surface area contributed by atoms with Crippen molar-refractivity contribution in [2.24, 2.45) is 5.92 Å². The summed E-state index contributed by atoms with van der Waals surface area (Å²) in [5, 5.41) is 3.37. The Hall–Kier alpha value is -1.16. The van der Waals surface area contributed by atoms with E-state index in [0.29, 0.717) is 12.5 Å². The van der Waals surface area contributed by atoms with E-state index >= 15 is 0 Å². The molecule has 1 aliphatic rings. The van der Waals surface area contributed by atoms with Crippen molar-refractivity contribution in [1.29, 1.82) is 0 Å². The summed E-state index contributed by atoms with van der Waals surface area (Å²) in [5.41, 5.74) is 0. The third-order valence-electron chi connectivity index (χ3n) is 3.17. The normalized spacial score (nSPS) is 16.6. The molecule has 0 saturated heterocycles. The molecule has 0 heterocycles. The van der Waals surface area contributed by atoms with Gasteiger partial charge in [0.15, 0.2) is 17.4 Å². The first-order chi connectivity index (χ1) is 8.72. The van der Waals surface area contributed by atoms with Crippen LogP contribution in [-0.2, 0) is 0 Å². The van der Waals surface area contributed by atoms with E-state index in [-0.39, 0.29) is 11.8 Å². The fourth-order valence-electron chi connectivity index (χ4n) is 1.98.